The lowest BCUT2D eigenvalue weighted by Crippen LogP contribution is -2.48. The molecule has 12 heteroatoms. The van der Waals surface area contributed by atoms with Crippen LogP contribution in [-0.4, -0.2) is 56.8 Å². The molecular formula is C13H22N6O6. The molecule has 1 aromatic heterocycles. The Morgan fingerprint density at radius 3 is 2.44 bits per heavy atom. The fourth-order valence-electron chi connectivity index (χ4n) is 1.78. The predicted molar refractivity (Wildman–Crippen MR) is 82.7 cm³/mol. The summed E-state index contributed by atoms with van der Waals surface area (Å²) in [5.41, 5.74) is 10.8. The second-order valence-electron chi connectivity index (χ2n) is 5.44. The van der Waals surface area contributed by atoms with Crippen LogP contribution in [0, 0.1) is 0 Å². The van der Waals surface area contributed by atoms with Gasteiger partial charge in [-0.25, -0.2) is 4.79 Å². The highest BCUT2D eigenvalue weighted by Gasteiger charge is 2.27. The normalized spacial score (nSPS) is 15.7. The largest absolute Gasteiger partial charge is 0.394 e. The number of Topliss-reactive ketones (excluding diaryl/α,β-unsaturated/α-hetero) is 1. The summed E-state index contributed by atoms with van der Waals surface area (Å²) in [4.78, 5) is 38.3. The van der Waals surface area contributed by atoms with Gasteiger partial charge in [0.1, 0.15) is 12.1 Å². The molecule has 0 bridgehead atoms. The topological polar surface area (TPSA) is 207 Å². The van der Waals surface area contributed by atoms with Crippen molar-refractivity contribution in [3.05, 3.63) is 11.7 Å². The molecule has 0 aliphatic rings. The number of nitrogens with one attached hydrogen (secondary N) is 2. The molecule has 0 aliphatic heterocycles. The lowest BCUT2D eigenvalue weighted by molar-refractivity contribution is -0.120. The number of aliphatic hydroxyl groups excluding tert-OH is 2. The van der Waals surface area contributed by atoms with E-state index in [0.29, 0.717) is 0 Å². The van der Waals surface area contributed by atoms with E-state index in [9.17, 15) is 19.5 Å². The van der Waals surface area contributed by atoms with E-state index in [1.54, 1.807) is 0 Å². The molecule has 140 valence electrons. The van der Waals surface area contributed by atoms with E-state index < -0.39 is 48.6 Å². The number of rotatable bonds is 9. The minimum Gasteiger partial charge on any atom is -0.394 e. The third kappa shape index (κ3) is 6.10. The van der Waals surface area contributed by atoms with E-state index in [0.717, 1.165) is 0 Å². The van der Waals surface area contributed by atoms with E-state index in [4.69, 9.17) is 21.1 Å². The van der Waals surface area contributed by atoms with Gasteiger partial charge in [0.05, 0.1) is 25.2 Å². The summed E-state index contributed by atoms with van der Waals surface area (Å²) in [7, 11) is 0. The lowest BCUT2D eigenvalue weighted by atomic mass is 10.1. The van der Waals surface area contributed by atoms with Gasteiger partial charge in [-0.3, -0.25) is 9.59 Å². The van der Waals surface area contributed by atoms with Crippen LogP contribution in [0.3, 0.4) is 0 Å². The minimum absolute atomic E-state index is 0.0151. The van der Waals surface area contributed by atoms with Gasteiger partial charge in [0.2, 0.25) is 11.8 Å². The van der Waals surface area contributed by atoms with E-state index in [1.165, 1.54) is 13.8 Å². The molecule has 1 unspecified atom stereocenters. The van der Waals surface area contributed by atoms with Crippen LogP contribution in [0.2, 0.25) is 0 Å². The molecular weight excluding hydrogens is 336 g/mol. The van der Waals surface area contributed by atoms with Crippen LogP contribution in [-0.2, 0) is 9.59 Å². The first-order valence-electron chi connectivity index (χ1n) is 7.39. The molecule has 1 rings (SSSR count). The molecule has 0 fully saturated rings. The zero-order chi connectivity index (χ0) is 19.1. The molecule has 8 N–H and O–H groups in total. The minimum atomic E-state index is -1.10. The van der Waals surface area contributed by atoms with Gasteiger partial charge in [-0.2, -0.15) is 4.98 Å². The number of urea groups is 1. The van der Waals surface area contributed by atoms with Crippen LogP contribution in [0.15, 0.2) is 4.52 Å². The van der Waals surface area contributed by atoms with E-state index >= 15 is 0 Å². The van der Waals surface area contributed by atoms with Gasteiger partial charge in [-0.15, -0.1) is 0 Å². The molecule has 0 saturated heterocycles. The van der Waals surface area contributed by atoms with Gasteiger partial charge in [0.25, 0.3) is 0 Å². The third-order valence-electron chi connectivity index (χ3n) is 3.26. The zero-order valence-corrected chi connectivity index (χ0v) is 13.8. The first kappa shape index (κ1) is 20.5. The number of carbonyl (C=O) groups is 3. The first-order valence-corrected chi connectivity index (χ1v) is 7.39. The number of aliphatic hydroxyl groups is 2. The second kappa shape index (κ2) is 9.05. The van der Waals surface area contributed by atoms with Crippen LogP contribution >= 0.6 is 0 Å². The third-order valence-corrected chi connectivity index (χ3v) is 3.26. The fraction of sp³-hybridized carbons (Fsp3) is 0.615. The second-order valence-corrected chi connectivity index (χ2v) is 5.44. The monoisotopic (exact) mass is 358 g/mol. The van der Waals surface area contributed by atoms with Crippen molar-refractivity contribution in [1.29, 1.82) is 0 Å². The van der Waals surface area contributed by atoms with Crippen LogP contribution in [0.4, 0.5) is 4.79 Å². The van der Waals surface area contributed by atoms with Gasteiger partial charge < -0.3 is 36.8 Å². The maximum Gasteiger partial charge on any atom is 0.316 e. The van der Waals surface area contributed by atoms with Crippen LogP contribution in [0.5, 0.6) is 0 Å². The molecule has 1 heterocycles. The maximum absolute atomic E-state index is 11.9. The van der Waals surface area contributed by atoms with Crippen LogP contribution in [0.1, 0.15) is 44.1 Å². The number of primary amides is 1. The molecule has 0 saturated carbocycles. The van der Waals surface area contributed by atoms with Gasteiger partial charge in [0.15, 0.2) is 11.6 Å². The van der Waals surface area contributed by atoms with E-state index in [2.05, 4.69) is 20.8 Å². The van der Waals surface area contributed by atoms with Crippen molar-refractivity contribution in [1.82, 2.24) is 20.8 Å². The van der Waals surface area contributed by atoms with Gasteiger partial charge in [-0.1, -0.05) is 5.16 Å². The quantitative estimate of drug-likeness (QED) is 0.278. The highest BCUT2D eigenvalue weighted by Crippen LogP contribution is 2.18. The van der Waals surface area contributed by atoms with Crippen molar-refractivity contribution >= 4 is 17.7 Å². The van der Waals surface area contributed by atoms with Crippen LogP contribution < -0.4 is 22.1 Å². The van der Waals surface area contributed by atoms with Crippen molar-refractivity contribution in [2.24, 2.45) is 11.5 Å². The van der Waals surface area contributed by atoms with Crippen molar-refractivity contribution in [3.63, 3.8) is 0 Å². The van der Waals surface area contributed by atoms with Crippen molar-refractivity contribution in [2.75, 3.05) is 6.61 Å². The van der Waals surface area contributed by atoms with Gasteiger partial charge >= 0.3 is 6.03 Å². The molecule has 12 nitrogen and oxygen atoms in total. The highest BCUT2D eigenvalue weighted by molar-refractivity contribution is 5.87. The first-order chi connectivity index (χ1) is 11.6. The summed E-state index contributed by atoms with van der Waals surface area (Å²) in [6.45, 7) is 2.05. The van der Waals surface area contributed by atoms with Gasteiger partial charge in [0, 0.05) is 0 Å². The standard InChI is InChI=1S/C13H22N6O6/c1-5(21)8(4-20)17-13(24)16-7(3-9(14)23)12-18-11(19-25-12)10(15)6(2)22/h6-8,10,20,22H,3-4,15H2,1-2H3,(H2,14,23)(H2,16,17,24)/t6?,7-,8-,10-/m1/s1. The molecule has 3 amide bonds. The summed E-state index contributed by atoms with van der Waals surface area (Å²) in [5, 5.41) is 26.6. The summed E-state index contributed by atoms with van der Waals surface area (Å²) >= 11 is 0. The average Bonchev–Trinajstić information content (AvgIpc) is 3.00. The Bertz CT molecular complexity index is 618. The van der Waals surface area contributed by atoms with Crippen LogP contribution in [0.25, 0.3) is 0 Å². The van der Waals surface area contributed by atoms with Crippen molar-refractivity contribution in [3.8, 4) is 0 Å². The summed E-state index contributed by atoms with van der Waals surface area (Å²) in [6, 6.07) is -3.94. The average molecular weight is 358 g/mol. The molecule has 1 aromatic rings. The smallest absolute Gasteiger partial charge is 0.316 e. The molecule has 0 aromatic carbocycles. The Balaban J connectivity index is 2.89. The van der Waals surface area contributed by atoms with Crippen molar-refractivity contribution in [2.45, 2.75) is 44.5 Å². The fourth-order valence-corrected chi connectivity index (χ4v) is 1.78. The summed E-state index contributed by atoms with van der Waals surface area (Å²) in [6.07, 6.45) is -1.31. The number of ketones is 1. The zero-order valence-electron chi connectivity index (χ0n) is 13.8. The number of carbonyl (C=O) groups excluding carboxylic acids is 3. The summed E-state index contributed by atoms with van der Waals surface area (Å²) in [5.74, 6) is -1.37. The maximum atomic E-state index is 11.9. The van der Waals surface area contributed by atoms with Gasteiger partial charge in [-0.05, 0) is 13.8 Å². The van der Waals surface area contributed by atoms with E-state index in [-0.39, 0.29) is 18.1 Å². The Morgan fingerprint density at radius 1 is 1.32 bits per heavy atom. The number of amides is 3. The molecule has 0 spiro atoms. The molecule has 0 aliphatic carbocycles. The Morgan fingerprint density at radius 2 is 1.96 bits per heavy atom. The van der Waals surface area contributed by atoms with Crippen molar-refractivity contribution < 1.29 is 29.1 Å². The number of hydrogen-bond donors (Lipinski definition) is 6. The SMILES string of the molecule is CC(=O)[C@@H](CO)NC(=O)N[C@H](CC(N)=O)c1nc([C@H](N)C(C)O)no1. The summed E-state index contributed by atoms with van der Waals surface area (Å²) < 4.78 is 4.96. The Labute approximate surface area is 142 Å². The number of hydrogen-bond acceptors (Lipinski definition) is 9. The lowest BCUT2D eigenvalue weighted by Gasteiger charge is -2.17. The number of nitrogens with two attached hydrogens (primary N) is 2. The van der Waals surface area contributed by atoms with E-state index in [1.807, 2.05) is 0 Å². The predicted octanol–water partition coefficient (Wildman–Crippen LogP) is -2.38. The number of nitrogens with zero attached hydrogens (tertiary/aromatic N) is 2. The Hall–Kier alpha value is -2.57. The molecule has 25 heavy (non-hydrogen) atoms. The Kier molecular flexibility index (Phi) is 7.42. The molecule has 0 radical (unpaired) electrons. The number of aromatic nitrogens is 2. The molecule has 4 atom stereocenters. The highest BCUT2D eigenvalue weighted by atomic mass is 16.5.